The number of hydrogen-bond acceptors (Lipinski definition) is 3. The van der Waals surface area contributed by atoms with E-state index in [0.29, 0.717) is 5.56 Å². The van der Waals surface area contributed by atoms with Crippen LogP contribution in [0.25, 0.3) is 0 Å². The Labute approximate surface area is 93.3 Å². The van der Waals surface area contributed by atoms with Crippen molar-refractivity contribution in [3.05, 3.63) is 42.0 Å². The summed E-state index contributed by atoms with van der Waals surface area (Å²) in [4.78, 5) is 10.5. The molecule has 1 aromatic rings. The van der Waals surface area contributed by atoms with Crippen molar-refractivity contribution in [2.75, 3.05) is 0 Å². The number of carboxylic acids is 1. The van der Waals surface area contributed by atoms with Crippen LogP contribution < -0.4 is 5.14 Å². The average Bonchev–Trinajstić information content (AvgIpc) is 2.16. The quantitative estimate of drug-likeness (QED) is 0.751. The van der Waals surface area contributed by atoms with Crippen LogP contribution in [0.3, 0.4) is 0 Å². The van der Waals surface area contributed by atoms with Gasteiger partial charge in [-0.1, -0.05) is 24.8 Å². The Bertz CT molecular complexity index is 534. The fourth-order valence-corrected chi connectivity index (χ4v) is 2.01. The number of aliphatic carboxylic acids is 1. The summed E-state index contributed by atoms with van der Waals surface area (Å²) in [7, 11) is -3.84. The van der Waals surface area contributed by atoms with Crippen molar-refractivity contribution in [3.63, 3.8) is 0 Å². The van der Waals surface area contributed by atoms with Gasteiger partial charge in [-0.15, -0.1) is 0 Å². The fraction of sp³-hybridized carbons (Fsp3) is 0.100. The molecule has 16 heavy (non-hydrogen) atoms. The first kappa shape index (κ1) is 12.4. The first-order valence-electron chi connectivity index (χ1n) is 4.34. The van der Waals surface area contributed by atoms with Gasteiger partial charge in [-0.2, -0.15) is 0 Å². The number of primary sulfonamides is 1. The molecule has 0 unspecified atom stereocenters. The highest BCUT2D eigenvalue weighted by Gasteiger charge is 2.15. The Morgan fingerprint density at radius 1 is 1.38 bits per heavy atom. The Kier molecular flexibility index (Phi) is 3.46. The monoisotopic (exact) mass is 241 g/mol. The van der Waals surface area contributed by atoms with Crippen LogP contribution in [0.1, 0.15) is 5.56 Å². The van der Waals surface area contributed by atoms with Crippen molar-refractivity contribution in [1.82, 2.24) is 0 Å². The SMILES string of the molecule is C=C(Cc1ccccc1S(N)(=O)=O)C(=O)O. The van der Waals surface area contributed by atoms with E-state index in [1.807, 2.05) is 0 Å². The molecule has 0 fully saturated rings. The maximum Gasteiger partial charge on any atom is 0.331 e. The molecule has 5 nitrogen and oxygen atoms in total. The van der Waals surface area contributed by atoms with E-state index in [4.69, 9.17) is 10.2 Å². The molecule has 6 heteroatoms. The minimum absolute atomic E-state index is 0.0536. The molecule has 86 valence electrons. The molecule has 0 spiro atoms. The summed E-state index contributed by atoms with van der Waals surface area (Å²) in [6, 6.07) is 5.97. The first-order valence-corrected chi connectivity index (χ1v) is 5.89. The van der Waals surface area contributed by atoms with Gasteiger partial charge in [0.25, 0.3) is 0 Å². The molecule has 0 atom stereocenters. The topological polar surface area (TPSA) is 97.5 Å². The van der Waals surface area contributed by atoms with E-state index >= 15 is 0 Å². The Morgan fingerprint density at radius 2 is 1.94 bits per heavy atom. The zero-order valence-corrected chi connectivity index (χ0v) is 9.20. The van der Waals surface area contributed by atoms with Gasteiger partial charge in [-0.25, -0.2) is 18.4 Å². The van der Waals surface area contributed by atoms with E-state index in [0.717, 1.165) is 0 Å². The van der Waals surface area contributed by atoms with Crippen molar-refractivity contribution < 1.29 is 18.3 Å². The highest BCUT2D eigenvalue weighted by Crippen LogP contribution is 2.16. The van der Waals surface area contributed by atoms with E-state index in [9.17, 15) is 13.2 Å². The van der Waals surface area contributed by atoms with Gasteiger partial charge >= 0.3 is 5.97 Å². The molecule has 0 aliphatic heterocycles. The normalized spacial score (nSPS) is 11.1. The van der Waals surface area contributed by atoms with Gasteiger partial charge in [0.1, 0.15) is 0 Å². The molecule has 0 radical (unpaired) electrons. The van der Waals surface area contributed by atoms with Crippen LogP contribution in [0.2, 0.25) is 0 Å². The van der Waals surface area contributed by atoms with Crippen molar-refractivity contribution in [2.45, 2.75) is 11.3 Å². The largest absolute Gasteiger partial charge is 0.478 e. The summed E-state index contributed by atoms with van der Waals surface area (Å²) in [5.41, 5.74) is 0.244. The van der Waals surface area contributed by atoms with Crippen LogP contribution in [-0.4, -0.2) is 19.5 Å². The number of hydrogen-bond donors (Lipinski definition) is 2. The van der Waals surface area contributed by atoms with Crippen molar-refractivity contribution in [3.8, 4) is 0 Å². The smallest absolute Gasteiger partial charge is 0.331 e. The highest BCUT2D eigenvalue weighted by atomic mass is 32.2. The van der Waals surface area contributed by atoms with E-state index in [2.05, 4.69) is 6.58 Å². The molecule has 1 rings (SSSR count). The Balaban J connectivity index is 3.16. The summed E-state index contributed by atoms with van der Waals surface area (Å²) in [6.45, 7) is 3.34. The predicted molar refractivity (Wildman–Crippen MR) is 58.3 cm³/mol. The predicted octanol–water partition coefficient (Wildman–Crippen LogP) is 0.517. The van der Waals surface area contributed by atoms with Gasteiger partial charge in [-0.05, 0) is 11.6 Å². The fourth-order valence-electron chi connectivity index (χ4n) is 1.23. The molecule has 0 aromatic heterocycles. The molecule has 0 aliphatic rings. The van der Waals surface area contributed by atoms with Crippen LogP contribution >= 0.6 is 0 Å². The molecular formula is C10H11NO4S. The van der Waals surface area contributed by atoms with E-state index in [1.54, 1.807) is 6.07 Å². The highest BCUT2D eigenvalue weighted by molar-refractivity contribution is 7.89. The van der Waals surface area contributed by atoms with E-state index in [1.165, 1.54) is 18.2 Å². The molecule has 0 aliphatic carbocycles. The maximum absolute atomic E-state index is 11.2. The van der Waals surface area contributed by atoms with Crippen LogP contribution in [0.15, 0.2) is 41.3 Å². The summed E-state index contributed by atoms with van der Waals surface area (Å²) in [5.74, 6) is -1.16. The average molecular weight is 241 g/mol. The van der Waals surface area contributed by atoms with Crippen LogP contribution in [0.4, 0.5) is 0 Å². The number of benzene rings is 1. The number of carboxylic acid groups (broad SMARTS) is 1. The standard InChI is InChI=1S/C10H11NO4S/c1-7(10(12)13)6-8-4-2-3-5-9(8)16(11,14)15/h2-5H,1,6H2,(H,12,13)(H2,11,14,15). The number of sulfonamides is 1. The Hall–Kier alpha value is -1.66. The van der Waals surface area contributed by atoms with Crippen molar-refractivity contribution in [1.29, 1.82) is 0 Å². The van der Waals surface area contributed by atoms with Gasteiger partial charge in [0.15, 0.2) is 0 Å². The van der Waals surface area contributed by atoms with Crippen LogP contribution in [0, 0.1) is 0 Å². The lowest BCUT2D eigenvalue weighted by Crippen LogP contribution is -2.15. The molecule has 0 saturated carbocycles. The van der Waals surface area contributed by atoms with Crippen LogP contribution in [0.5, 0.6) is 0 Å². The zero-order chi connectivity index (χ0) is 12.3. The minimum atomic E-state index is -3.84. The van der Waals surface area contributed by atoms with Gasteiger partial charge in [-0.3, -0.25) is 0 Å². The maximum atomic E-state index is 11.2. The number of carbonyl (C=O) groups is 1. The van der Waals surface area contributed by atoms with Crippen molar-refractivity contribution in [2.24, 2.45) is 5.14 Å². The van der Waals surface area contributed by atoms with E-state index < -0.39 is 16.0 Å². The molecular weight excluding hydrogens is 230 g/mol. The molecule has 1 aromatic carbocycles. The minimum Gasteiger partial charge on any atom is -0.478 e. The van der Waals surface area contributed by atoms with Crippen LogP contribution in [-0.2, 0) is 21.2 Å². The third kappa shape index (κ3) is 2.91. The summed E-state index contributed by atoms with van der Waals surface area (Å²) < 4.78 is 22.4. The summed E-state index contributed by atoms with van der Waals surface area (Å²) >= 11 is 0. The first-order chi connectivity index (χ1) is 7.32. The number of rotatable bonds is 4. The van der Waals surface area contributed by atoms with E-state index in [-0.39, 0.29) is 16.9 Å². The second kappa shape index (κ2) is 4.46. The van der Waals surface area contributed by atoms with Gasteiger partial charge in [0.2, 0.25) is 10.0 Å². The molecule has 0 amide bonds. The van der Waals surface area contributed by atoms with Gasteiger partial charge < -0.3 is 5.11 Å². The lowest BCUT2D eigenvalue weighted by molar-refractivity contribution is -0.132. The summed E-state index contributed by atoms with van der Waals surface area (Å²) in [5, 5.41) is 13.7. The Morgan fingerprint density at radius 3 is 2.44 bits per heavy atom. The van der Waals surface area contributed by atoms with Gasteiger partial charge in [0.05, 0.1) is 4.90 Å². The third-order valence-electron chi connectivity index (χ3n) is 1.99. The summed E-state index contributed by atoms with van der Waals surface area (Å²) in [6.07, 6.45) is -0.0536. The molecule has 3 N–H and O–H groups in total. The second-order valence-corrected chi connectivity index (χ2v) is 4.77. The molecule has 0 saturated heterocycles. The lowest BCUT2D eigenvalue weighted by Gasteiger charge is -2.06. The number of nitrogens with two attached hydrogens (primary N) is 1. The molecule has 0 heterocycles. The molecule has 0 bridgehead atoms. The van der Waals surface area contributed by atoms with Gasteiger partial charge in [0, 0.05) is 12.0 Å². The van der Waals surface area contributed by atoms with Crippen molar-refractivity contribution >= 4 is 16.0 Å². The zero-order valence-electron chi connectivity index (χ0n) is 8.38. The second-order valence-electron chi connectivity index (χ2n) is 3.24. The lowest BCUT2D eigenvalue weighted by atomic mass is 10.1. The third-order valence-corrected chi connectivity index (χ3v) is 3.00.